The van der Waals surface area contributed by atoms with E-state index in [2.05, 4.69) is 48.9 Å². The Morgan fingerprint density at radius 1 is 1.00 bits per heavy atom. The van der Waals surface area contributed by atoms with Crippen molar-refractivity contribution in [1.82, 2.24) is 30.3 Å². The number of fused-ring (bicyclic) bond motifs is 3. The first-order valence-corrected chi connectivity index (χ1v) is 10.4. The third-order valence-electron chi connectivity index (χ3n) is 5.85. The summed E-state index contributed by atoms with van der Waals surface area (Å²) in [5.41, 5.74) is 4.43. The Morgan fingerprint density at radius 2 is 1.84 bits per heavy atom. The van der Waals surface area contributed by atoms with Crippen LogP contribution in [0.2, 0.25) is 0 Å². The van der Waals surface area contributed by atoms with E-state index in [0.29, 0.717) is 11.6 Å². The molecule has 1 N–H and O–H groups in total. The largest absolute Gasteiger partial charge is 0.369 e. The molecule has 8 heteroatoms. The SMILES string of the molecule is Cc1onc(-c2ccccc2)c1-c1nnc2c3cc(N4CCNCC4)ccc3cnn12. The fourth-order valence-electron chi connectivity index (χ4n) is 4.23. The van der Waals surface area contributed by atoms with Gasteiger partial charge in [0, 0.05) is 48.2 Å². The lowest BCUT2D eigenvalue weighted by Crippen LogP contribution is -2.43. The smallest absolute Gasteiger partial charge is 0.191 e. The highest BCUT2D eigenvalue weighted by molar-refractivity contribution is 5.96. The van der Waals surface area contributed by atoms with Crippen LogP contribution in [0.25, 0.3) is 39.1 Å². The van der Waals surface area contributed by atoms with Gasteiger partial charge in [0.1, 0.15) is 11.5 Å². The molecule has 1 fully saturated rings. The van der Waals surface area contributed by atoms with E-state index in [-0.39, 0.29) is 0 Å². The van der Waals surface area contributed by atoms with Crippen LogP contribution in [0.15, 0.2) is 59.3 Å². The zero-order chi connectivity index (χ0) is 20.8. The van der Waals surface area contributed by atoms with Crippen molar-refractivity contribution in [2.24, 2.45) is 0 Å². The molecule has 31 heavy (non-hydrogen) atoms. The number of piperazine rings is 1. The number of nitrogens with zero attached hydrogens (tertiary/aromatic N) is 6. The number of hydrogen-bond acceptors (Lipinski definition) is 7. The number of nitrogens with one attached hydrogen (secondary N) is 1. The van der Waals surface area contributed by atoms with E-state index < -0.39 is 0 Å². The quantitative estimate of drug-likeness (QED) is 0.487. The molecule has 1 aliphatic rings. The molecule has 8 nitrogen and oxygen atoms in total. The second kappa shape index (κ2) is 7.17. The zero-order valence-corrected chi connectivity index (χ0v) is 17.1. The average Bonchev–Trinajstić information content (AvgIpc) is 3.43. The van der Waals surface area contributed by atoms with Gasteiger partial charge in [-0.1, -0.05) is 41.6 Å². The van der Waals surface area contributed by atoms with E-state index >= 15 is 0 Å². The van der Waals surface area contributed by atoms with Crippen molar-refractivity contribution in [3.63, 3.8) is 0 Å². The van der Waals surface area contributed by atoms with Crippen molar-refractivity contribution < 1.29 is 4.52 Å². The molecular weight excluding hydrogens is 390 g/mol. The molecule has 2 aromatic carbocycles. The Hall–Kier alpha value is -3.78. The summed E-state index contributed by atoms with van der Waals surface area (Å²) in [5.74, 6) is 1.31. The van der Waals surface area contributed by atoms with Crippen LogP contribution in [0.1, 0.15) is 5.76 Å². The van der Waals surface area contributed by atoms with Crippen molar-refractivity contribution in [1.29, 1.82) is 0 Å². The third-order valence-corrected chi connectivity index (χ3v) is 5.85. The van der Waals surface area contributed by atoms with E-state index in [4.69, 9.17) is 4.52 Å². The second-order valence-electron chi connectivity index (χ2n) is 7.74. The molecule has 154 valence electrons. The Labute approximate surface area is 178 Å². The van der Waals surface area contributed by atoms with Crippen LogP contribution in [-0.2, 0) is 0 Å². The zero-order valence-electron chi connectivity index (χ0n) is 17.1. The first-order valence-electron chi connectivity index (χ1n) is 10.4. The molecule has 0 spiro atoms. The third kappa shape index (κ3) is 2.95. The van der Waals surface area contributed by atoms with Crippen LogP contribution >= 0.6 is 0 Å². The Bertz CT molecular complexity index is 1380. The molecule has 6 rings (SSSR count). The standard InChI is InChI=1S/C23H21N7O/c1-15-20(21(28-31-15)16-5-3-2-4-6-16)23-27-26-22-19-13-18(29-11-9-24-10-12-29)8-7-17(19)14-25-30(22)23/h2-8,13-14,24H,9-12H2,1H3. The van der Waals surface area contributed by atoms with E-state index in [1.165, 1.54) is 5.69 Å². The summed E-state index contributed by atoms with van der Waals surface area (Å²) in [6, 6.07) is 16.4. The maximum Gasteiger partial charge on any atom is 0.191 e. The van der Waals surface area contributed by atoms with Gasteiger partial charge in [0.15, 0.2) is 11.5 Å². The van der Waals surface area contributed by atoms with Gasteiger partial charge < -0.3 is 14.7 Å². The van der Waals surface area contributed by atoms with Crippen molar-refractivity contribution in [2.75, 3.05) is 31.1 Å². The molecule has 1 saturated heterocycles. The van der Waals surface area contributed by atoms with Gasteiger partial charge in [-0.25, -0.2) is 0 Å². The topological polar surface area (TPSA) is 84.4 Å². The van der Waals surface area contributed by atoms with Gasteiger partial charge in [0.25, 0.3) is 0 Å². The van der Waals surface area contributed by atoms with Crippen molar-refractivity contribution in [2.45, 2.75) is 6.92 Å². The van der Waals surface area contributed by atoms with Gasteiger partial charge in [-0.05, 0) is 19.1 Å². The van der Waals surface area contributed by atoms with E-state index in [0.717, 1.165) is 59.4 Å². The summed E-state index contributed by atoms with van der Waals surface area (Å²) < 4.78 is 7.32. The van der Waals surface area contributed by atoms with E-state index in [9.17, 15) is 0 Å². The molecule has 3 aromatic heterocycles. The van der Waals surface area contributed by atoms with Gasteiger partial charge in [-0.15, -0.1) is 10.2 Å². The summed E-state index contributed by atoms with van der Waals surface area (Å²) in [7, 11) is 0. The van der Waals surface area contributed by atoms with Gasteiger partial charge in [-0.2, -0.15) is 9.61 Å². The number of anilines is 1. The molecule has 5 aromatic rings. The summed E-state index contributed by atoms with van der Waals surface area (Å²) in [6.07, 6.45) is 1.86. The van der Waals surface area contributed by atoms with Crippen LogP contribution in [0.3, 0.4) is 0 Å². The van der Waals surface area contributed by atoms with Crippen LogP contribution in [0, 0.1) is 6.92 Å². The summed E-state index contributed by atoms with van der Waals surface area (Å²) in [6.45, 7) is 5.86. The minimum absolute atomic E-state index is 0.627. The molecule has 0 atom stereocenters. The number of hydrogen-bond donors (Lipinski definition) is 1. The average molecular weight is 411 g/mol. The van der Waals surface area contributed by atoms with E-state index in [1.807, 2.05) is 43.5 Å². The first-order chi connectivity index (χ1) is 15.3. The summed E-state index contributed by atoms with van der Waals surface area (Å²) in [5, 5.41) is 23.4. The number of rotatable bonds is 3. The molecule has 0 aliphatic carbocycles. The minimum Gasteiger partial charge on any atom is -0.369 e. The van der Waals surface area contributed by atoms with Crippen molar-refractivity contribution >= 4 is 22.1 Å². The highest BCUT2D eigenvalue weighted by Crippen LogP contribution is 2.34. The highest BCUT2D eigenvalue weighted by atomic mass is 16.5. The Kier molecular flexibility index (Phi) is 4.17. The van der Waals surface area contributed by atoms with Gasteiger partial charge in [0.05, 0.1) is 11.8 Å². The molecule has 4 heterocycles. The maximum atomic E-state index is 5.54. The van der Waals surface area contributed by atoms with Gasteiger partial charge in [-0.3, -0.25) is 0 Å². The molecule has 1 aliphatic heterocycles. The second-order valence-corrected chi connectivity index (χ2v) is 7.74. The van der Waals surface area contributed by atoms with Crippen LogP contribution < -0.4 is 10.2 Å². The van der Waals surface area contributed by atoms with Gasteiger partial charge in [0.2, 0.25) is 0 Å². The molecule has 0 amide bonds. The fraction of sp³-hybridized carbons (Fsp3) is 0.217. The molecular formula is C23H21N7O. The number of aromatic nitrogens is 5. The van der Waals surface area contributed by atoms with E-state index in [1.54, 1.807) is 4.52 Å². The molecule has 0 unspecified atom stereocenters. The van der Waals surface area contributed by atoms with Crippen LogP contribution in [0.4, 0.5) is 5.69 Å². The van der Waals surface area contributed by atoms with Crippen molar-refractivity contribution in [3.05, 3.63) is 60.5 Å². The summed E-state index contributed by atoms with van der Waals surface area (Å²) >= 11 is 0. The fourth-order valence-corrected chi connectivity index (χ4v) is 4.23. The minimum atomic E-state index is 0.627. The lowest BCUT2D eigenvalue weighted by atomic mass is 10.1. The van der Waals surface area contributed by atoms with Crippen LogP contribution in [0.5, 0.6) is 0 Å². The van der Waals surface area contributed by atoms with Crippen molar-refractivity contribution in [3.8, 4) is 22.6 Å². The normalized spacial score (nSPS) is 14.5. The van der Waals surface area contributed by atoms with Gasteiger partial charge >= 0.3 is 0 Å². The lowest BCUT2D eigenvalue weighted by molar-refractivity contribution is 0.400. The number of benzene rings is 2. The predicted octanol–water partition coefficient (Wildman–Crippen LogP) is 3.32. The molecule has 0 radical (unpaired) electrons. The van der Waals surface area contributed by atoms with Crippen LogP contribution in [-0.4, -0.2) is 51.1 Å². The highest BCUT2D eigenvalue weighted by Gasteiger charge is 2.23. The molecule has 0 saturated carbocycles. The maximum absolute atomic E-state index is 5.54. The summed E-state index contributed by atoms with van der Waals surface area (Å²) in [4.78, 5) is 2.39. The Balaban J connectivity index is 1.52. The number of aryl methyl sites for hydroxylation is 1. The first kappa shape index (κ1) is 18.0. The predicted molar refractivity (Wildman–Crippen MR) is 119 cm³/mol. The Morgan fingerprint density at radius 3 is 2.68 bits per heavy atom. The molecule has 0 bridgehead atoms. The lowest BCUT2D eigenvalue weighted by Gasteiger charge is -2.29. The monoisotopic (exact) mass is 411 g/mol.